The Morgan fingerprint density at radius 2 is 1.95 bits per heavy atom. The Bertz CT molecular complexity index is 488. The van der Waals surface area contributed by atoms with Gasteiger partial charge in [-0.2, -0.15) is 0 Å². The van der Waals surface area contributed by atoms with E-state index in [2.05, 4.69) is 5.32 Å². The maximum absolute atomic E-state index is 13.1. The number of piperidine rings is 1. The van der Waals surface area contributed by atoms with Gasteiger partial charge < -0.3 is 10.2 Å². The fraction of sp³-hybridized carbons (Fsp3) is 0.588. The van der Waals surface area contributed by atoms with Crippen LogP contribution in [-0.2, 0) is 4.79 Å². The molecule has 0 bridgehead atoms. The second-order valence-electron chi connectivity index (χ2n) is 6.15. The number of nitrogens with zero attached hydrogens (tertiary/aromatic N) is 1. The fourth-order valence-electron chi connectivity index (χ4n) is 3.52. The normalized spacial score (nSPS) is 24.9. The maximum atomic E-state index is 13.1. The summed E-state index contributed by atoms with van der Waals surface area (Å²) < 4.78 is 13.1. The topological polar surface area (TPSA) is 32.3 Å². The Morgan fingerprint density at radius 3 is 2.64 bits per heavy atom. The molecule has 2 unspecified atom stereocenters. The number of hydrogen-bond acceptors (Lipinski definition) is 2. The van der Waals surface area contributed by atoms with Gasteiger partial charge in [0.1, 0.15) is 5.82 Å². The lowest BCUT2D eigenvalue weighted by atomic mass is 9.94. The summed E-state index contributed by atoms with van der Waals surface area (Å²) in [7, 11) is 0. The molecule has 0 saturated carbocycles. The van der Waals surface area contributed by atoms with Crippen LogP contribution in [0, 0.1) is 5.82 Å². The SMILES string of the molecule is Cl.O=C(CC1CCCN1)N1CCCCC1c1ccc(F)cc1. The minimum Gasteiger partial charge on any atom is -0.336 e. The van der Waals surface area contributed by atoms with Crippen molar-refractivity contribution >= 4 is 18.3 Å². The van der Waals surface area contributed by atoms with Crippen LogP contribution in [0.25, 0.3) is 0 Å². The summed E-state index contributed by atoms with van der Waals surface area (Å²) in [4.78, 5) is 14.6. The molecule has 0 radical (unpaired) electrons. The molecule has 1 amide bonds. The predicted octanol–water partition coefficient (Wildman–Crippen LogP) is 3.44. The van der Waals surface area contributed by atoms with Crippen molar-refractivity contribution in [1.29, 1.82) is 0 Å². The molecule has 2 saturated heterocycles. The second-order valence-corrected chi connectivity index (χ2v) is 6.15. The highest BCUT2D eigenvalue weighted by Gasteiger charge is 2.29. The fourth-order valence-corrected chi connectivity index (χ4v) is 3.52. The van der Waals surface area contributed by atoms with Crippen molar-refractivity contribution in [2.45, 2.75) is 50.6 Å². The van der Waals surface area contributed by atoms with Crippen LogP contribution in [0.4, 0.5) is 4.39 Å². The standard InChI is InChI=1S/C17H23FN2O.ClH/c18-14-8-6-13(7-9-14)16-5-1-2-11-20(16)17(21)12-15-4-3-10-19-15;/h6-9,15-16,19H,1-5,10-12H2;1H. The Morgan fingerprint density at radius 1 is 1.18 bits per heavy atom. The van der Waals surface area contributed by atoms with Gasteiger partial charge in [0.25, 0.3) is 0 Å². The van der Waals surface area contributed by atoms with Crippen molar-refractivity contribution in [3.63, 3.8) is 0 Å². The monoisotopic (exact) mass is 326 g/mol. The van der Waals surface area contributed by atoms with E-state index >= 15 is 0 Å². The molecular formula is C17H24ClFN2O. The average Bonchev–Trinajstić information content (AvgIpc) is 3.01. The second kappa shape index (κ2) is 7.93. The molecular weight excluding hydrogens is 303 g/mol. The van der Waals surface area contributed by atoms with Gasteiger partial charge >= 0.3 is 0 Å². The van der Waals surface area contributed by atoms with Crippen LogP contribution in [0.3, 0.4) is 0 Å². The van der Waals surface area contributed by atoms with E-state index in [0.29, 0.717) is 12.5 Å². The van der Waals surface area contributed by atoms with Gasteiger partial charge in [0, 0.05) is 19.0 Å². The first-order valence-electron chi connectivity index (χ1n) is 8.02. The third-order valence-electron chi connectivity index (χ3n) is 4.66. The first kappa shape index (κ1) is 17.2. The van der Waals surface area contributed by atoms with Gasteiger partial charge in [0.15, 0.2) is 0 Å². The molecule has 122 valence electrons. The number of carbonyl (C=O) groups is 1. The Kier molecular flexibility index (Phi) is 6.21. The molecule has 2 aliphatic heterocycles. The summed E-state index contributed by atoms with van der Waals surface area (Å²) in [5.74, 6) is 0.0195. The number of likely N-dealkylation sites (tertiary alicyclic amines) is 1. The van der Waals surface area contributed by atoms with E-state index in [0.717, 1.165) is 44.3 Å². The molecule has 1 aromatic rings. The van der Waals surface area contributed by atoms with E-state index in [9.17, 15) is 9.18 Å². The third-order valence-corrected chi connectivity index (χ3v) is 4.66. The average molecular weight is 327 g/mol. The molecule has 0 aromatic heterocycles. The predicted molar refractivity (Wildman–Crippen MR) is 87.6 cm³/mol. The lowest BCUT2D eigenvalue weighted by Gasteiger charge is -2.36. The van der Waals surface area contributed by atoms with Crippen LogP contribution in [0.15, 0.2) is 24.3 Å². The molecule has 2 heterocycles. The maximum Gasteiger partial charge on any atom is 0.224 e. The zero-order chi connectivity index (χ0) is 14.7. The van der Waals surface area contributed by atoms with E-state index in [1.54, 1.807) is 0 Å². The van der Waals surface area contributed by atoms with Gasteiger partial charge in [-0.3, -0.25) is 4.79 Å². The Hall–Kier alpha value is -1.13. The van der Waals surface area contributed by atoms with Crippen molar-refractivity contribution in [1.82, 2.24) is 10.2 Å². The van der Waals surface area contributed by atoms with Gasteiger partial charge in [-0.15, -0.1) is 12.4 Å². The lowest BCUT2D eigenvalue weighted by Crippen LogP contribution is -2.41. The molecule has 1 aromatic carbocycles. The molecule has 1 N–H and O–H groups in total. The van der Waals surface area contributed by atoms with E-state index in [4.69, 9.17) is 0 Å². The van der Waals surface area contributed by atoms with Crippen LogP contribution >= 0.6 is 12.4 Å². The quantitative estimate of drug-likeness (QED) is 0.922. The molecule has 2 fully saturated rings. The Labute approximate surface area is 137 Å². The van der Waals surface area contributed by atoms with E-state index in [1.165, 1.54) is 18.6 Å². The van der Waals surface area contributed by atoms with Gasteiger partial charge in [-0.05, 0) is 56.3 Å². The van der Waals surface area contributed by atoms with Crippen LogP contribution < -0.4 is 5.32 Å². The van der Waals surface area contributed by atoms with Crippen molar-refractivity contribution in [3.05, 3.63) is 35.6 Å². The van der Waals surface area contributed by atoms with Gasteiger partial charge in [-0.25, -0.2) is 4.39 Å². The van der Waals surface area contributed by atoms with Gasteiger partial charge in [0.2, 0.25) is 5.91 Å². The highest BCUT2D eigenvalue weighted by Crippen LogP contribution is 2.31. The summed E-state index contributed by atoms with van der Waals surface area (Å²) >= 11 is 0. The molecule has 22 heavy (non-hydrogen) atoms. The third kappa shape index (κ3) is 3.99. The lowest BCUT2D eigenvalue weighted by molar-refractivity contribution is -0.135. The van der Waals surface area contributed by atoms with Crippen molar-refractivity contribution in [2.24, 2.45) is 0 Å². The first-order chi connectivity index (χ1) is 10.2. The number of carbonyl (C=O) groups excluding carboxylic acids is 1. The first-order valence-corrected chi connectivity index (χ1v) is 8.02. The van der Waals surface area contributed by atoms with E-state index < -0.39 is 0 Å². The van der Waals surface area contributed by atoms with Crippen LogP contribution in [0.2, 0.25) is 0 Å². The van der Waals surface area contributed by atoms with E-state index in [-0.39, 0.29) is 30.2 Å². The van der Waals surface area contributed by atoms with Crippen molar-refractivity contribution < 1.29 is 9.18 Å². The highest BCUT2D eigenvalue weighted by molar-refractivity contribution is 5.85. The molecule has 2 aliphatic rings. The molecule has 5 heteroatoms. The summed E-state index contributed by atoms with van der Waals surface area (Å²) in [6.07, 6.45) is 6.04. The number of rotatable bonds is 3. The summed E-state index contributed by atoms with van der Waals surface area (Å²) in [5, 5.41) is 3.39. The summed E-state index contributed by atoms with van der Waals surface area (Å²) in [5.41, 5.74) is 1.06. The number of benzene rings is 1. The van der Waals surface area contributed by atoms with Crippen molar-refractivity contribution in [3.8, 4) is 0 Å². The van der Waals surface area contributed by atoms with Crippen LogP contribution in [0.1, 0.15) is 50.1 Å². The summed E-state index contributed by atoms with van der Waals surface area (Å²) in [6.45, 7) is 1.85. The minimum absolute atomic E-state index is 0. The molecule has 3 nitrogen and oxygen atoms in total. The molecule has 0 spiro atoms. The largest absolute Gasteiger partial charge is 0.336 e. The zero-order valence-electron chi connectivity index (χ0n) is 12.8. The zero-order valence-corrected chi connectivity index (χ0v) is 13.6. The Balaban J connectivity index is 0.00000176. The smallest absolute Gasteiger partial charge is 0.224 e. The molecule has 2 atom stereocenters. The van der Waals surface area contributed by atoms with Crippen LogP contribution in [0.5, 0.6) is 0 Å². The van der Waals surface area contributed by atoms with Crippen molar-refractivity contribution in [2.75, 3.05) is 13.1 Å². The highest BCUT2D eigenvalue weighted by atomic mass is 35.5. The number of amides is 1. The van der Waals surface area contributed by atoms with E-state index in [1.807, 2.05) is 17.0 Å². The number of nitrogens with one attached hydrogen (secondary N) is 1. The number of hydrogen-bond donors (Lipinski definition) is 1. The molecule has 3 rings (SSSR count). The number of halogens is 2. The minimum atomic E-state index is -0.220. The summed E-state index contributed by atoms with van der Waals surface area (Å²) in [6, 6.07) is 7.08. The van der Waals surface area contributed by atoms with Gasteiger partial charge in [0.05, 0.1) is 6.04 Å². The molecule has 0 aliphatic carbocycles. The van der Waals surface area contributed by atoms with Crippen LogP contribution in [-0.4, -0.2) is 29.9 Å². The van der Waals surface area contributed by atoms with Gasteiger partial charge in [-0.1, -0.05) is 12.1 Å².